The SMILES string of the molecule is Oc1cccc(OC2CCCNC2)c1O. The summed E-state index contributed by atoms with van der Waals surface area (Å²) in [6.07, 6.45) is 2.12. The number of hydrogen-bond donors (Lipinski definition) is 3. The number of piperidine rings is 1. The molecule has 2 rings (SSSR count). The minimum absolute atomic E-state index is 0.0754. The fraction of sp³-hybridized carbons (Fsp3) is 0.455. The standard InChI is InChI=1S/C11H15NO3/c13-9-4-1-5-10(11(9)14)15-8-3-2-6-12-7-8/h1,4-5,8,12-14H,2-3,6-7H2. The molecule has 0 radical (unpaired) electrons. The monoisotopic (exact) mass is 209 g/mol. The van der Waals surface area contributed by atoms with Crippen LogP contribution in [0.5, 0.6) is 17.2 Å². The lowest BCUT2D eigenvalue weighted by atomic mass is 10.1. The Kier molecular flexibility index (Phi) is 2.97. The van der Waals surface area contributed by atoms with Gasteiger partial charge in [0.1, 0.15) is 6.10 Å². The van der Waals surface area contributed by atoms with Crippen LogP contribution in [0.4, 0.5) is 0 Å². The van der Waals surface area contributed by atoms with E-state index in [4.69, 9.17) is 4.74 Å². The highest BCUT2D eigenvalue weighted by atomic mass is 16.5. The van der Waals surface area contributed by atoms with Gasteiger partial charge in [-0.1, -0.05) is 6.07 Å². The summed E-state index contributed by atoms with van der Waals surface area (Å²) in [7, 11) is 0. The molecule has 1 heterocycles. The topological polar surface area (TPSA) is 61.7 Å². The van der Waals surface area contributed by atoms with Crippen LogP contribution in [-0.4, -0.2) is 29.4 Å². The smallest absolute Gasteiger partial charge is 0.200 e. The maximum Gasteiger partial charge on any atom is 0.200 e. The summed E-state index contributed by atoms with van der Waals surface area (Å²) in [4.78, 5) is 0. The number of rotatable bonds is 2. The lowest BCUT2D eigenvalue weighted by Gasteiger charge is -2.24. The van der Waals surface area contributed by atoms with E-state index in [2.05, 4.69) is 5.32 Å². The van der Waals surface area contributed by atoms with Gasteiger partial charge in [-0.3, -0.25) is 0 Å². The molecule has 1 aromatic carbocycles. The van der Waals surface area contributed by atoms with Crippen LogP contribution < -0.4 is 10.1 Å². The van der Waals surface area contributed by atoms with E-state index in [-0.39, 0.29) is 17.6 Å². The van der Waals surface area contributed by atoms with Crippen molar-refractivity contribution in [2.24, 2.45) is 0 Å². The van der Waals surface area contributed by atoms with Crippen LogP contribution in [0.15, 0.2) is 18.2 Å². The lowest BCUT2D eigenvalue weighted by Crippen LogP contribution is -2.37. The summed E-state index contributed by atoms with van der Waals surface area (Å²) in [6, 6.07) is 4.74. The van der Waals surface area contributed by atoms with Crippen LogP contribution in [0, 0.1) is 0 Å². The first-order valence-electron chi connectivity index (χ1n) is 5.15. The Labute approximate surface area is 88.5 Å². The van der Waals surface area contributed by atoms with Crippen LogP contribution in [0.3, 0.4) is 0 Å². The molecule has 0 spiro atoms. The Morgan fingerprint density at radius 1 is 1.33 bits per heavy atom. The predicted octanol–water partition coefficient (Wildman–Crippen LogP) is 1.23. The summed E-state index contributed by atoms with van der Waals surface area (Å²) in [6.45, 7) is 1.81. The van der Waals surface area contributed by atoms with Gasteiger partial charge in [-0.05, 0) is 31.5 Å². The fourth-order valence-corrected chi connectivity index (χ4v) is 1.71. The normalized spacial score (nSPS) is 21.2. The Hall–Kier alpha value is -1.42. The van der Waals surface area contributed by atoms with Gasteiger partial charge >= 0.3 is 0 Å². The first-order valence-corrected chi connectivity index (χ1v) is 5.15. The maximum atomic E-state index is 9.53. The second-order valence-corrected chi connectivity index (χ2v) is 3.71. The number of aromatic hydroxyl groups is 2. The summed E-state index contributed by atoms with van der Waals surface area (Å²) >= 11 is 0. The molecule has 3 N–H and O–H groups in total. The van der Waals surface area contributed by atoms with Crippen molar-refractivity contribution >= 4 is 0 Å². The van der Waals surface area contributed by atoms with Gasteiger partial charge in [-0.25, -0.2) is 0 Å². The van der Waals surface area contributed by atoms with Crippen molar-refractivity contribution in [1.29, 1.82) is 0 Å². The van der Waals surface area contributed by atoms with Gasteiger partial charge in [0.15, 0.2) is 11.5 Å². The number of ether oxygens (including phenoxy) is 1. The summed E-state index contributed by atoms with van der Waals surface area (Å²) in [5, 5.41) is 22.0. The van der Waals surface area contributed by atoms with Crippen molar-refractivity contribution in [2.75, 3.05) is 13.1 Å². The van der Waals surface area contributed by atoms with Crippen LogP contribution in [0.25, 0.3) is 0 Å². The van der Waals surface area contributed by atoms with E-state index >= 15 is 0 Å². The van der Waals surface area contributed by atoms with Gasteiger partial charge in [0.05, 0.1) is 0 Å². The highest BCUT2D eigenvalue weighted by Crippen LogP contribution is 2.35. The number of phenols is 2. The van der Waals surface area contributed by atoms with Crippen LogP contribution in [0.1, 0.15) is 12.8 Å². The number of phenolic OH excluding ortho intramolecular Hbond substituents is 2. The predicted molar refractivity (Wildman–Crippen MR) is 56.3 cm³/mol. The van der Waals surface area contributed by atoms with Crippen molar-refractivity contribution < 1.29 is 14.9 Å². The third-order valence-corrected chi connectivity index (χ3v) is 2.52. The fourth-order valence-electron chi connectivity index (χ4n) is 1.71. The number of benzene rings is 1. The molecule has 0 aliphatic carbocycles. The highest BCUT2D eigenvalue weighted by molar-refractivity contribution is 5.48. The molecule has 4 nitrogen and oxygen atoms in total. The van der Waals surface area contributed by atoms with Crippen LogP contribution in [-0.2, 0) is 0 Å². The molecule has 0 aromatic heterocycles. The van der Waals surface area contributed by atoms with Gasteiger partial charge in [-0.2, -0.15) is 0 Å². The number of para-hydroxylation sites is 1. The molecule has 0 saturated carbocycles. The number of hydrogen-bond acceptors (Lipinski definition) is 4. The maximum absolute atomic E-state index is 9.53. The molecule has 1 aliphatic heterocycles. The molecule has 1 aromatic rings. The zero-order valence-electron chi connectivity index (χ0n) is 8.44. The third-order valence-electron chi connectivity index (χ3n) is 2.52. The largest absolute Gasteiger partial charge is 0.504 e. The van der Waals surface area contributed by atoms with Crippen molar-refractivity contribution in [3.8, 4) is 17.2 Å². The molecule has 4 heteroatoms. The molecule has 1 atom stereocenters. The van der Waals surface area contributed by atoms with Gasteiger partial charge in [0, 0.05) is 6.54 Å². The first-order chi connectivity index (χ1) is 7.27. The third kappa shape index (κ3) is 2.33. The van der Waals surface area contributed by atoms with Gasteiger partial charge in [0.2, 0.25) is 5.75 Å². The Bertz CT molecular complexity index is 335. The molecule has 1 unspecified atom stereocenters. The Morgan fingerprint density at radius 2 is 2.20 bits per heavy atom. The van der Waals surface area contributed by atoms with Gasteiger partial charge in [0.25, 0.3) is 0 Å². The second-order valence-electron chi connectivity index (χ2n) is 3.71. The summed E-state index contributed by atoms with van der Waals surface area (Å²) in [5.74, 6) is 0.0306. The molecule has 15 heavy (non-hydrogen) atoms. The first kappa shape index (κ1) is 10.1. The molecular formula is C11H15NO3. The lowest BCUT2D eigenvalue weighted by molar-refractivity contribution is 0.160. The Morgan fingerprint density at radius 3 is 2.93 bits per heavy atom. The van der Waals surface area contributed by atoms with E-state index in [1.165, 1.54) is 6.07 Å². The van der Waals surface area contributed by atoms with E-state index in [0.29, 0.717) is 5.75 Å². The molecule has 1 aliphatic rings. The second kappa shape index (κ2) is 4.40. The molecule has 82 valence electrons. The van der Waals surface area contributed by atoms with E-state index in [1.807, 2.05) is 0 Å². The average molecular weight is 209 g/mol. The van der Waals surface area contributed by atoms with E-state index < -0.39 is 0 Å². The molecule has 0 bridgehead atoms. The van der Waals surface area contributed by atoms with Crippen molar-refractivity contribution in [3.05, 3.63) is 18.2 Å². The molecular weight excluding hydrogens is 194 g/mol. The van der Waals surface area contributed by atoms with Gasteiger partial charge in [-0.15, -0.1) is 0 Å². The van der Waals surface area contributed by atoms with E-state index in [1.54, 1.807) is 12.1 Å². The zero-order valence-corrected chi connectivity index (χ0v) is 8.44. The average Bonchev–Trinajstić information content (AvgIpc) is 2.26. The minimum Gasteiger partial charge on any atom is -0.504 e. The van der Waals surface area contributed by atoms with Crippen molar-refractivity contribution in [3.63, 3.8) is 0 Å². The van der Waals surface area contributed by atoms with E-state index in [0.717, 1.165) is 25.9 Å². The summed E-state index contributed by atoms with van der Waals surface area (Å²) in [5.41, 5.74) is 0. The Balaban J connectivity index is 2.06. The van der Waals surface area contributed by atoms with Crippen LogP contribution in [0.2, 0.25) is 0 Å². The summed E-state index contributed by atoms with van der Waals surface area (Å²) < 4.78 is 5.59. The molecule has 0 amide bonds. The molecule has 1 saturated heterocycles. The molecule has 1 fully saturated rings. The number of nitrogens with one attached hydrogen (secondary N) is 1. The quantitative estimate of drug-likeness (QED) is 0.641. The van der Waals surface area contributed by atoms with Crippen molar-refractivity contribution in [1.82, 2.24) is 5.32 Å². The van der Waals surface area contributed by atoms with Crippen molar-refractivity contribution in [2.45, 2.75) is 18.9 Å². The van der Waals surface area contributed by atoms with E-state index in [9.17, 15) is 10.2 Å². The minimum atomic E-state index is -0.178. The highest BCUT2D eigenvalue weighted by Gasteiger charge is 2.16. The van der Waals surface area contributed by atoms with Crippen LogP contribution >= 0.6 is 0 Å². The van der Waals surface area contributed by atoms with Gasteiger partial charge < -0.3 is 20.3 Å². The zero-order chi connectivity index (χ0) is 10.7.